The maximum absolute atomic E-state index is 12.4. The van der Waals surface area contributed by atoms with E-state index in [1.54, 1.807) is 0 Å². The Balaban J connectivity index is 1.23. The summed E-state index contributed by atoms with van der Waals surface area (Å²) in [5.74, 6) is 1.80. The van der Waals surface area contributed by atoms with Crippen LogP contribution in [0.3, 0.4) is 0 Å². The molecule has 24 heavy (non-hydrogen) atoms. The Morgan fingerprint density at radius 3 is 2.96 bits per heavy atom. The second kappa shape index (κ2) is 6.94. The fraction of sp³-hybridized carbons (Fsp3) is 0.765. The van der Waals surface area contributed by atoms with Gasteiger partial charge in [0.2, 0.25) is 0 Å². The van der Waals surface area contributed by atoms with E-state index in [4.69, 9.17) is 9.47 Å². The molecule has 1 unspecified atom stereocenters. The molecule has 1 spiro atoms. The third-order valence-corrected chi connectivity index (χ3v) is 7.52. The van der Waals surface area contributed by atoms with Gasteiger partial charge in [-0.25, -0.2) is 4.98 Å². The van der Waals surface area contributed by atoms with E-state index < -0.39 is 0 Å². The summed E-state index contributed by atoms with van der Waals surface area (Å²) in [6.45, 7) is 6.24. The van der Waals surface area contributed by atoms with Gasteiger partial charge in [0.05, 0.1) is 15.9 Å². The van der Waals surface area contributed by atoms with Crippen molar-refractivity contribution in [3.05, 3.63) is 16.1 Å². The van der Waals surface area contributed by atoms with E-state index in [0.29, 0.717) is 17.7 Å². The van der Waals surface area contributed by atoms with E-state index in [9.17, 15) is 4.79 Å². The molecule has 1 atom stereocenters. The molecule has 1 amide bonds. The molecule has 4 rings (SSSR count). The summed E-state index contributed by atoms with van der Waals surface area (Å²) in [6, 6.07) is 0. The van der Waals surface area contributed by atoms with Gasteiger partial charge in [0.15, 0.2) is 0 Å². The van der Waals surface area contributed by atoms with Crippen LogP contribution in [0.1, 0.15) is 34.8 Å². The Hall–Kier alpha value is -0.630. The van der Waals surface area contributed by atoms with Crippen molar-refractivity contribution in [1.82, 2.24) is 9.88 Å². The summed E-state index contributed by atoms with van der Waals surface area (Å²) < 4.78 is 11.8. The Morgan fingerprint density at radius 2 is 2.25 bits per heavy atom. The van der Waals surface area contributed by atoms with Crippen molar-refractivity contribution in [2.45, 2.75) is 37.0 Å². The van der Waals surface area contributed by atoms with Gasteiger partial charge in [-0.3, -0.25) is 4.79 Å². The Kier molecular flexibility index (Phi) is 4.86. The molecule has 0 radical (unpaired) electrons. The Morgan fingerprint density at radius 1 is 1.46 bits per heavy atom. The normalized spacial score (nSPS) is 26.7. The highest BCUT2D eigenvalue weighted by Gasteiger charge is 2.51. The topological polar surface area (TPSA) is 51.7 Å². The summed E-state index contributed by atoms with van der Waals surface area (Å²) in [7, 11) is 0. The Bertz CT molecular complexity index is 594. The van der Waals surface area contributed by atoms with Crippen LogP contribution < -0.4 is 0 Å². The van der Waals surface area contributed by atoms with Crippen molar-refractivity contribution in [1.29, 1.82) is 0 Å². The van der Waals surface area contributed by atoms with Gasteiger partial charge in [-0.05, 0) is 32.1 Å². The second-order valence-corrected chi connectivity index (χ2v) is 9.67. The molecule has 5 nitrogen and oxygen atoms in total. The van der Waals surface area contributed by atoms with Crippen molar-refractivity contribution < 1.29 is 14.3 Å². The number of ether oxygens (including phenoxy) is 2. The lowest BCUT2D eigenvalue weighted by molar-refractivity contribution is -0.0119. The van der Waals surface area contributed by atoms with Gasteiger partial charge in [-0.15, -0.1) is 23.1 Å². The largest absolute Gasteiger partial charge is 0.381 e. The van der Waals surface area contributed by atoms with Gasteiger partial charge < -0.3 is 14.4 Å². The predicted molar refractivity (Wildman–Crippen MR) is 95.8 cm³/mol. The molecule has 3 saturated heterocycles. The number of carbonyl (C=O) groups excluding carboxylic acids is 1. The molecule has 7 heteroatoms. The highest BCUT2D eigenvalue weighted by Crippen LogP contribution is 2.46. The highest BCUT2D eigenvalue weighted by molar-refractivity contribution is 8.01. The van der Waals surface area contributed by atoms with Gasteiger partial charge >= 0.3 is 0 Å². The zero-order valence-electron chi connectivity index (χ0n) is 14.0. The molecule has 0 saturated carbocycles. The smallest absolute Gasteiger partial charge is 0.273 e. The number of thiazole rings is 1. The van der Waals surface area contributed by atoms with Crippen LogP contribution in [0.25, 0.3) is 0 Å². The van der Waals surface area contributed by atoms with Gasteiger partial charge in [0.25, 0.3) is 5.91 Å². The fourth-order valence-corrected chi connectivity index (χ4v) is 5.87. The van der Waals surface area contributed by atoms with Crippen LogP contribution in [0.4, 0.5) is 0 Å². The zero-order chi connectivity index (χ0) is 16.6. The molecule has 4 heterocycles. The van der Waals surface area contributed by atoms with Crippen LogP contribution in [0, 0.1) is 12.8 Å². The van der Waals surface area contributed by atoms with Crippen molar-refractivity contribution in [3.63, 3.8) is 0 Å². The summed E-state index contributed by atoms with van der Waals surface area (Å²) in [5.41, 5.74) is 0.600. The van der Waals surface area contributed by atoms with E-state index in [1.165, 1.54) is 11.3 Å². The van der Waals surface area contributed by atoms with Gasteiger partial charge in [0.1, 0.15) is 5.69 Å². The predicted octanol–water partition coefficient (Wildman–Crippen LogP) is 2.59. The van der Waals surface area contributed by atoms with E-state index >= 15 is 0 Å². The molecule has 3 fully saturated rings. The number of carbonyl (C=O) groups is 1. The lowest BCUT2D eigenvalue weighted by Gasteiger charge is -2.47. The monoisotopic (exact) mass is 368 g/mol. The van der Waals surface area contributed by atoms with Gasteiger partial charge in [0, 0.05) is 44.0 Å². The van der Waals surface area contributed by atoms with Gasteiger partial charge in [-0.2, -0.15) is 0 Å². The first-order valence-electron chi connectivity index (χ1n) is 8.68. The first-order chi connectivity index (χ1) is 11.6. The van der Waals surface area contributed by atoms with Crippen LogP contribution in [-0.2, 0) is 9.47 Å². The molecule has 1 aromatic rings. The number of nitrogens with zero attached hydrogens (tertiary/aromatic N) is 2. The van der Waals surface area contributed by atoms with Crippen LogP contribution >= 0.6 is 23.1 Å². The summed E-state index contributed by atoms with van der Waals surface area (Å²) in [6.07, 6.45) is 3.66. The fourth-order valence-electron chi connectivity index (χ4n) is 3.73. The summed E-state index contributed by atoms with van der Waals surface area (Å²) in [4.78, 5) is 18.7. The van der Waals surface area contributed by atoms with E-state index in [1.807, 2.05) is 29.0 Å². The maximum Gasteiger partial charge on any atom is 0.273 e. The number of aryl methyl sites for hydroxylation is 1. The average molecular weight is 369 g/mol. The van der Waals surface area contributed by atoms with Crippen molar-refractivity contribution in [3.8, 4) is 0 Å². The van der Waals surface area contributed by atoms with E-state index in [-0.39, 0.29) is 10.7 Å². The third kappa shape index (κ3) is 3.49. The lowest BCUT2D eigenvalue weighted by Crippen LogP contribution is -2.60. The van der Waals surface area contributed by atoms with E-state index in [2.05, 4.69) is 4.98 Å². The molecule has 0 aliphatic carbocycles. The van der Waals surface area contributed by atoms with Crippen LogP contribution in [-0.4, -0.2) is 65.3 Å². The molecule has 0 N–H and O–H groups in total. The minimum Gasteiger partial charge on any atom is -0.381 e. The third-order valence-electron chi connectivity index (χ3n) is 5.17. The van der Waals surface area contributed by atoms with Crippen LogP contribution in [0.15, 0.2) is 5.38 Å². The van der Waals surface area contributed by atoms with Crippen molar-refractivity contribution >= 4 is 29.0 Å². The lowest BCUT2D eigenvalue weighted by atomic mass is 9.92. The van der Waals surface area contributed by atoms with Gasteiger partial charge in [-0.1, -0.05) is 0 Å². The highest BCUT2D eigenvalue weighted by atomic mass is 32.2. The second-order valence-electron chi connectivity index (χ2n) is 7.12. The standard InChI is InChI=1S/C17H24N2O3S2/c1-12-18-15(9-23-12)16(20)19-10-17(11-19)6-14(8-24-17)22-7-13-2-4-21-5-3-13/h9,13-14H,2-8,10-11H2,1H3. The molecule has 0 aromatic carbocycles. The van der Waals surface area contributed by atoms with Crippen LogP contribution in [0.2, 0.25) is 0 Å². The van der Waals surface area contributed by atoms with Crippen molar-refractivity contribution in [2.24, 2.45) is 5.92 Å². The number of hydrogen-bond acceptors (Lipinski definition) is 6. The maximum atomic E-state index is 12.4. The van der Waals surface area contributed by atoms with Crippen LogP contribution in [0.5, 0.6) is 0 Å². The molecular formula is C17H24N2O3S2. The molecule has 1 aromatic heterocycles. The Labute approximate surface area is 151 Å². The molecule has 0 bridgehead atoms. The number of thioether (sulfide) groups is 1. The first kappa shape index (κ1) is 16.8. The summed E-state index contributed by atoms with van der Waals surface area (Å²) >= 11 is 3.52. The number of aromatic nitrogens is 1. The number of amides is 1. The molecule has 132 valence electrons. The number of likely N-dealkylation sites (tertiary alicyclic amines) is 1. The zero-order valence-corrected chi connectivity index (χ0v) is 15.7. The average Bonchev–Trinajstić information content (AvgIpc) is 3.18. The van der Waals surface area contributed by atoms with Crippen molar-refractivity contribution in [2.75, 3.05) is 38.7 Å². The van der Waals surface area contributed by atoms with E-state index in [0.717, 1.165) is 62.9 Å². The minimum atomic E-state index is 0.0807. The number of rotatable bonds is 4. The summed E-state index contributed by atoms with van der Waals surface area (Å²) in [5, 5.41) is 2.81. The molecule has 3 aliphatic rings. The SMILES string of the molecule is Cc1nc(C(=O)N2CC3(CC(OCC4CCOCC4)CS3)C2)cs1. The molecule has 3 aliphatic heterocycles. The quantitative estimate of drug-likeness (QED) is 0.818. The number of hydrogen-bond donors (Lipinski definition) is 0. The molecular weight excluding hydrogens is 344 g/mol. The minimum absolute atomic E-state index is 0.0807. The first-order valence-corrected chi connectivity index (χ1v) is 10.5.